The summed E-state index contributed by atoms with van der Waals surface area (Å²) in [5.74, 6) is 8.67. The van der Waals surface area contributed by atoms with Crippen LogP contribution < -0.4 is 26.9 Å². The van der Waals surface area contributed by atoms with Crippen molar-refractivity contribution in [1.82, 2.24) is 0 Å². The van der Waals surface area contributed by atoms with Gasteiger partial charge in [-0.15, -0.1) is 0 Å². The molecule has 0 aliphatic heterocycles. The summed E-state index contributed by atoms with van der Waals surface area (Å²) in [6.45, 7) is 8.47. The second-order valence-electron chi connectivity index (χ2n) is 5.99. The Labute approximate surface area is 194 Å². The van der Waals surface area contributed by atoms with Crippen molar-refractivity contribution in [3.05, 3.63) is 67.7 Å². The van der Waals surface area contributed by atoms with E-state index in [9.17, 15) is 9.90 Å². The maximum Gasteiger partial charge on any atom is 0.201 e. The molecule has 0 saturated carbocycles. The largest absolute Gasteiger partial charge is 0.496 e. The highest BCUT2D eigenvalue weighted by molar-refractivity contribution is 9.10. The number of ether oxygens (including phenoxy) is 2. The van der Waals surface area contributed by atoms with Crippen molar-refractivity contribution in [3.63, 3.8) is 0 Å². The molecule has 7 N–H and O–H groups in total. The quantitative estimate of drug-likeness (QED) is 0.252. The van der Waals surface area contributed by atoms with Gasteiger partial charge in [0.25, 0.3) is 0 Å². The lowest BCUT2D eigenvalue weighted by Gasteiger charge is -2.21. The predicted molar refractivity (Wildman–Crippen MR) is 128 cm³/mol. The zero-order valence-electron chi connectivity index (χ0n) is 17.8. The van der Waals surface area contributed by atoms with E-state index in [0.717, 1.165) is 15.6 Å². The molecule has 2 rings (SSSR count). The number of carbonyl (C=O) groups excluding carboxylic acids is 1. The van der Waals surface area contributed by atoms with Crippen LogP contribution in [0.25, 0.3) is 0 Å². The SMILES string of the molecule is C=CN.COc1ccc(Br)c(C)c1C(=O)c1c(OC)c(C)cc(Br)c1C(C)O.NN. The van der Waals surface area contributed by atoms with Crippen LogP contribution in [0.2, 0.25) is 0 Å². The summed E-state index contributed by atoms with van der Waals surface area (Å²) in [5, 5.41) is 10.3. The minimum Gasteiger partial charge on any atom is -0.496 e. The van der Waals surface area contributed by atoms with E-state index in [4.69, 9.17) is 9.47 Å². The van der Waals surface area contributed by atoms with Crippen molar-refractivity contribution in [3.8, 4) is 11.5 Å². The van der Waals surface area contributed by atoms with Gasteiger partial charge >= 0.3 is 0 Å². The fourth-order valence-electron chi connectivity index (χ4n) is 2.91. The van der Waals surface area contributed by atoms with Gasteiger partial charge in [0.2, 0.25) is 5.78 Å². The van der Waals surface area contributed by atoms with Gasteiger partial charge < -0.3 is 20.3 Å². The van der Waals surface area contributed by atoms with Gasteiger partial charge in [0, 0.05) is 14.5 Å². The Morgan fingerprint density at radius 2 is 1.67 bits per heavy atom. The van der Waals surface area contributed by atoms with Crippen LogP contribution in [-0.4, -0.2) is 25.1 Å². The molecule has 0 radical (unpaired) electrons. The Morgan fingerprint density at radius 3 is 2.10 bits per heavy atom. The third-order valence-electron chi connectivity index (χ3n) is 4.11. The highest BCUT2D eigenvalue weighted by Crippen LogP contribution is 2.40. The number of carbonyl (C=O) groups is 1. The number of aliphatic hydroxyl groups excluding tert-OH is 1. The van der Waals surface area contributed by atoms with Crippen molar-refractivity contribution in [2.75, 3.05) is 14.2 Å². The van der Waals surface area contributed by atoms with Crippen molar-refractivity contribution in [2.45, 2.75) is 26.9 Å². The number of hydrogen-bond acceptors (Lipinski definition) is 7. The molecule has 0 aromatic heterocycles. The Hall–Kier alpha value is -1.91. The van der Waals surface area contributed by atoms with E-state index in [-0.39, 0.29) is 5.78 Å². The molecule has 7 nitrogen and oxygen atoms in total. The van der Waals surface area contributed by atoms with E-state index in [1.807, 2.05) is 26.0 Å². The molecule has 0 aliphatic carbocycles. The minimum absolute atomic E-state index is 0.257. The second kappa shape index (κ2) is 13.4. The molecule has 166 valence electrons. The zero-order valence-corrected chi connectivity index (χ0v) is 20.9. The molecule has 2 aromatic rings. The van der Waals surface area contributed by atoms with Crippen molar-refractivity contribution >= 4 is 37.6 Å². The van der Waals surface area contributed by atoms with E-state index in [0.29, 0.717) is 32.7 Å². The summed E-state index contributed by atoms with van der Waals surface area (Å²) >= 11 is 6.93. The molecule has 0 saturated heterocycles. The number of ketones is 1. The van der Waals surface area contributed by atoms with Crippen molar-refractivity contribution in [2.24, 2.45) is 17.4 Å². The Bertz CT molecular complexity index is 887. The fourth-order valence-corrected chi connectivity index (χ4v) is 4.11. The summed E-state index contributed by atoms with van der Waals surface area (Å²) < 4.78 is 12.4. The Balaban J connectivity index is 0.00000154. The van der Waals surface area contributed by atoms with Crippen molar-refractivity contribution in [1.29, 1.82) is 0 Å². The van der Waals surface area contributed by atoms with Crippen molar-refractivity contribution < 1.29 is 19.4 Å². The molecule has 0 fully saturated rings. The summed E-state index contributed by atoms with van der Waals surface area (Å²) in [6, 6.07) is 5.41. The van der Waals surface area contributed by atoms with Gasteiger partial charge in [0.05, 0.1) is 31.5 Å². The molecular weight excluding hydrogens is 518 g/mol. The van der Waals surface area contributed by atoms with Gasteiger partial charge in [-0.2, -0.15) is 0 Å². The topological polar surface area (TPSA) is 134 Å². The van der Waals surface area contributed by atoms with Gasteiger partial charge in [-0.25, -0.2) is 0 Å². The first-order valence-electron chi connectivity index (χ1n) is 8.74. The molecule has 30 heavy (non-hydrogen) atoms. The van der Waals surface area contributed by atoms with E-state index in [1.165, 1.54) is 20.4 Å². The highest BCUT2D eigenvalue weighted by atomic mass is 79.9. The van der Waals surface area contributed by atoms with Crippen LogP contribution in [0.3, 0.4) is 0 Å². The van der Waals surface area contributed by atoms with Gasteiger partial charge in [-0.05, 0) is 56.3 Å². The number of methoxy groups -OCH3 is 2. The number of halogens is 2. The third-order valence-corrected chi connectivity index (χ3v) is 5.63. The van der Waals surface area contributed by atoms with Gasteiger partial charge in [-0.3, -0.25) is 16.5 Å². The average Bonchev–Trinajstić information content (AvgIpc) is 2.70. The molecule has 1 unspecified atom stereocenters. The number of benzene rings is 2. The molecule has 0 bridgehead atoms. The molecule has 0 spiro atoms. The Morgan fingerprint density at radius 1 is 1.13 bits per heavy atom. The monoisotopic (exact) mass is 545 g/mol. The lowest BCUT2D eigenvalue weighted by Crippen LogP contribution is -2.14. The standard InChI is InChI=1S/C19H20Br2O4.C2H5N.H4N2/c1-9-8-13(21)16(11(3)22)17(19(9)25-5)18(23)15-10(2)12(20)6-7-14(15)24-4;1-2-3;1-2/h6-8,11,22H,1-5H3;2H,1,3H2;1-2H2. The molecule has 0 aliphatic rings. The molecular formula is C21H29Br2N3O4. The average molecular weight is 547 g/mol. The maximum absolute atomic E-state index is 13.5. The lowest BCUT2D eigenvalue weighted by atomic mass is 9.90. The smallest absolute Gasteiger partial charge is 0.201 e. The van der Waals surface area contributed by atoms with Crippen LogP contribution in [0.4, 0.5) is 0 Å². The summed E-state index contributed by atoms with van der Waals surface area (Å²) in [5.41, 5.74) is 7.45. The molecule has 0 heterocycles. The number of nitrogens with two attached hydrogens (primary N) is 3. The first-order chi connectivity index (χ1) is 14.2. The number of aliphatic hydroxyl groups is 1. The number of hydrogen-bond donors (Lipinski definition) is 4. The van der Waals surface area contributed by atoms with Gasteiger partial charge in [0.1, 0.15) is 11.5 Å². The summed E-state index contributed by atoms with van der Waals surface area (Å²) in [4.78, 5) is 13.5. The van der Waals surface area contributed by atoms with Crippen LogP contribution in [-0.2, 0) is 0 Å². The van der Waals surface area contributed by atoms with E-state index in [1.54, 1.807) is 13.0 Å². The van der Waals surface area contributed by atoms with Crippen LogP contribution in [0.15, 0.2) is 39.9 Å². The number of hydrazine groups is 1. The van der Waals surface area contributed by atoms with Gasteiger partial charge in [-0.1, -0.05) is 38.4 Å². The molecule has 1 atom stereocenters. The Kier molecular flexibility index (Phi) is 12.6. The van der Waals surface area contributed by atoms with Crippen LogP contribution in [0.1, 0.15) is 45.6 Å². The predicted octanol–water partition coefficient (Wildman–Crippen LogP) is 4.04. The third kappa shape index (κ3) is 6.29. The normalized spacial score (nSPS) is 10.6. The van der Waals surface area contributed by atoms with E-state index in [2.05, 4.69) is 55.9 Å². The van der Waals surface area contributed by atoms with E-state index < -0.39 is 6.10 Å². The van der Waals surface area contributed by atoms with Gasteiger partial charge in [0.15, 0.2) is 0 Å². The first kappa shape index (κ1) is 28.1. The fraction of sp³-hybridized carbons (Fsp3) is 0.286. The summed E-state index contributed by atoms with van der Waals surface area (Å²) in [6.07, 6.45) is 0.404. The lowest BCUT2D eigenvalue weighted by molar-refractivity contribution is 0.102. The number of rotatable bonds is 5. The molecule has 0 amide bonds. The van der Waals surface area contributed by atoms with Crippen LogP contribution >= 0.6 is 31.9 Å². The second-order valence-corrected chi connectivity index (χ2v) is 7.70. The molecule has 9 heteroatoms. The van der Waals surface area contributed by atoms with Crippen LogP contribution in [0.5, 0.6) is 11.5 Å². The first-order valence-corrected chi connectivity index (χ1v) is 10.3. The maximum atomic E-state index is 13.5. The van der Waals surface area contributed by atoms with E-state index >= 15 is 0 Å². The summed E-state index contributed by atoms with van der Waals surface area (Å²) in [7, 11) is 3.04. The zero-order chi connectivity index (χ0) is 23.6. The highest BCUT2D eigenvalue weighted by Gasteiger charge is 2.28. The number of aryl methyl sites for hydroxylation is 1. The van der Waals surface area contributed by atoms with Crippen LogP contribution in [0, 0.1) is 13.8 Å². The molecule has 2 aromatic carbocycles. The minimum atomic E-state index is -0.846.